The molecule has 0 atom stereocenters. The first kappa shape index (κ1) is 48.4. The second-order valence-electron chi connectivity index (χ2n) is 18.3. The number of hydrogen-bond acceptors (Lipinski definition) is 6. The Balaban J connectivity index is 1.05. The van der Waals surface area contributed by atoms with E-state index >= 15 is 0 Å². The largest absolute Gasteiger partial charge is 0.494 e. The van der Waals surface area contributed by atoms with E-state index in [0.29, 0.717) is 63.1 Å². The van der Waals surface area contributed by atoms with Gasteiger partial charge in [0.15, 0.2) is 0 Å². The third-order valence-electron chi connectivity index (χ3n) is 13.4. The zero-order chi connectivity index (χ0) is 48.0. The van der Waals surface area contributed by atoms with Gasteiger partial charge in [-0.2, -0.15) is 5.26 Å². The van der Waals surface area contributed by atoms with Crippen LogP contribution < -0.4 is 15.3 Å². The van der Waals surface area contributed by atoms with E-state index in [-0.39, 0.29) is 5.57 Å². The second-order valence-corrected chi connectivity index (χ2v) is 18.3. The second kappa shape index (κ2) is 23.8. The number of fused-ring (bicyclic) bond motifs is 3. The molecule has 10 heteroatoms. The van der Waals surface area contributed by atoms with Crippen molar-refractivity contribution >= 4 is 44.5 Å². The summed E-state index contributed by atoms with van der Waals surface area (Å²) in [6.07, 6.45) is 25.9. The van der Waals surface area contributed by atoms with E-state index in [1.165, 1.54) is 133 Å². The number of H-pyrrole nitrogens is 1. The summed E-state index contributed by atoms with van der Waals surface area (Å²) in [6.45, 7) is 13.6. The smallest absolute Gasteiger partial charge is 0.218 e. The van der Waals surface area contributed by atoms with Crippen LogP contribution in [0.3, 0.4) is 0 Å². The van der Waals surface area contributed by atoms with Gasteiger partial charge in [-0.15, -0.1) is 0 Å². The summed E-state index contributed by atoms with van der Waals surface area (Å²) in [5.74, 6) is -0.0738. The van der Waals surface area contributed by atoms with Crippen LogP contribution in [-0.2, 0) is 0 Å². The van der Waals surface area contributed by atoms with Crippen LogP contribution in [0, 0.1) is 36.5 Å². The predicted octanol–water partition coefficient (Wildman–Crippen LogP) is 14.3. The molecule has 0 aliphatic heterocycles. The van der Waals surface area contributed by atoms with Crippen LogP contribution in [0.5, 0.6) is 5.75 Å². The lowest BCUT2D eigenvalue weighted by Gasteiger charge is -2.12. The molecule has 0 saturated carbocycles. The molecule has 4 aromatic carbocycles. The number of aromatic nitrogens is 5. The van der Waals surface area contributed by atoms with Crippen molar-refractivity contribution in [3.63, 3.8) is 0 Å². The minimum absolute atomic E-state index is 0.245. The molecule has 1 N–H and O–H groups in total. The highest BCUT2D eigenvalue weighted by atomic mass is 19.1. The minimum Gasteiger partial charge on any atom is -0.494 e. The van der Waals surface area contributed by atoms with Gasteiger partial charge in [0.1, 0.15) is 34.7 Å². The number of halogens is 2. The number of nitrogens with zero attached hydrogens (tertiary/aromatic N) is 6. The fourth-order valence-corrected chi connectivity index (χ4v) is 9.64. The van der Waals surface area contributed by atoms with Gasteiger partial charge < -0.3 is 9.72 Å². The minimum atomic E-state index is -0.427. The number of allylic oxidation sites excluding steroid dienone is 1. The zero-order valence-electron chi connectivity index (χ0n) is 40.0. The first-order valence-corrected chi connectivity index (χ1v) is 25.0. The molecule has 3 aromatic heterocycles. The molecule has 0 spiro atoms. The third kappa shape index (κ3) is 11.8. The topological polar surface area (TPSA) is 105 Å². The molecule has 0 fully saturated rings. The molecule has 1 aliphatic rings. The van der Waals surface area contributed by atoms with Gasteiger partial charge in [-0.1, -0.05) is 146 Å². The maximum Gasteiger partial charge on any atom is 0.218 e. The number of nitrogens with one attached hydrogen (secondary N) is 1. The van der Waals surface area contributed by atoms with Crippen molar-refractivity contribution < 1.29 is 13.5 Å². The summed E-state index contributed by atoms with van der Waals surface area (Å²) in [5, 5.41) is 12.3. The average Bonchev–Trinajstić information content (AvgIpc) is 3.94. The first-order chi connectivity index (χ1) is 33.9. The Bertz CT molecular complexity index is 3160. The fourth-order valence-electron chi connectivity index (χ4n) is 9.64. The number of hydrogen-bond donors (Lipinski definition) is 1. The van der Waals surface area contributed by atoms with Gasteiger partial charge in [0.25, 0.3) is 0 Å². The highest BCUT2D eigenvalue weighted by molar-refractivity contribution is 6.04. The number of aryl methyl sites for hydroxylation is 1. The Morgan fingerprint density at radius 3 is 1.81 bits per heavy atom. The van der Waals surface area contributed by atoms with Gasteiger partial charge in [0.2, 0.25) is 5.70 Å². The normalized spacial score (nSPS) is 13.4. The van der Waals surface area contributed by atoms with Gasteiger partial charge in [0, 0.05) is 34.7 Å². The lowest BCUT2D eigenvalue weighted by molar-refractivity contribution is 0.304. The molecule has 69 heavy (non-hydrogen) atoms. The van der Waals surface area contributed by atoms with Crippen LogP contribution in [0.2, 0.25) is 0 Å². The molecule has 8 nitrogen and oxygen atoms in total. The Morgan fingerprint density at radius 2 is 1.25 bits per heavy atom. The third-order valence-corrected chi connectivity index (χ3v) is 13.4. The number of rotatable bonds is 23. The van der Waals surface area contributed by atoms with Crippen molar-refractivity contribution in [2.75, 3.05) is 6.61 Å². The lowest BCUT2D eigenvalue weighted by Crippen LogP contribution is -2.28. The molecule has 7 aromatic rings. The molecular formula is C59H61F2N7O. The average molecular weight is 922 g/mol. The molecule has 0 amide bonds. The van der Waals surface area contributed by atoms with Crippen LogP contribution in [-0.4, -0.2) is 31.5 Å². The van der Waals surface area contributed by atoms with Crippen LogP contribution in [0.1, 0.15) is 151 Å². The monoisotopic (exact) mass is 921 g/mol. The summed E-state index contributed by atoms with van der Waals surface area (Å²) in [5.41, 5.74) is 8.78. The van der Waals surface area contributed by atoms with Gasteiger partial charge >= 0.3 is 0 Å². The lowest BCUT2D eigenvalue weighted by atomic mass is 9.96. The summed E-state index contributed by atoms with van der Waals surface area (Å²) in [6, 6.07) is 26.9. The molecule has 0 bridgehead atoms. The van der Waals surface area contributed by atoms with E-state index in [1.807, 2.05) is 55.5 Å². The van der Waals surface area contributed by atoms with E-state index in [0.717, 1.165) is 57.3 Å². The van der Waals surface area contributed by atoms with Gasteiger partial charge in [-0.3, -0.25) is 15.0 Å². The number of ether oxygens (including phenoxy) is 1. The zero-order valence-corrected chi connectivity index (χ0v) is 40.0. The van der Waals surface area contributed by atoms with Crippen molar-refractivity contribution in [3.05, 3.63) is 159 Å². The Labute approximate surface area is 404 Å². The molecule has 1 aliphatic carbocycles. The fraction of sp³-hybridized carbons (Fsp3) is 0.356. The van der Waals surface area contributed by atoms with Crippen molar-refractivity contribution in [1.82, 2.24) is 24.9 Å². The highest BCUT2D eigenvalue weighted by Gasteiger charge is 2.30. The molecule has 8 rings (SSSR count). The maximum atomic E-state index is 14.2. The summed E-state index contributed by atoms with van der Waals surface area (Å²) in [7, 11) is 0. The predicted molar refractivity (Wildman–Crippen MR) is 274 cm³/mol. The van der Waals surface area contributed by atoms with Crippen LogP contribution >= 0.6 is 0 Å². The molecule has 352 valence electrons. The van der Waals surface area contributed by atoms with Crippen molar-refractivity contribution in [2.24, 2.45) is 0 Å². The van der Waals surface area contributed by atoms with E-state index < -0.39 is 11.6 Å². The quantitative estimate of drug-likeness (QED) is 0.0506. The van der Waals surface area contributed by atoms with Crippen LogP contribution in [0.4, 0.5) is 8.78 Å². The van der Waals surface area contributed by atoms with E-state index in [9.17, 15) is 14.0 Å². The SMILES string of the molecule is [C-]#[N+]/C(=C1/CC(c2ccc(OCCCCCCCCCCCCCCCCCCC)cc2)=c2c1c(-c1ccccc1C)[nH]/c2=C(/C#N)c1cnc2cc(F)ccc2n1)c1cnc2cc(F)ccc2n1. The highest BCUT2D eigenvalue weighted by Crippen LogP contribution is 2.41. The van der Waals surface area contributed by atoms with Gasteiger partial charge in [-0.25, -0.2) is 18.6 Å². The van der Waals surface area contributed by atoms with E-state index in [2.05, 4.69) is 32.8 Å². The van der Waals surface area contributed by atoms with Gasteiger partial charge in [0.05, 0.1) is 58.2 Å². The summed E-state index contributed by atoms with van der Waals surface area (Å²) in [4.78, 5) is 26.4. The Kier molecular flexibility index (Phi) is 16.7. The molecule has 3 heterocycles. The van der Waals surface area contributed by atoms with Crippen LogP contribution in [0.15, 0.2) is 97.3 Å². The van der Waals surface area contributed by atoms with Gasteiger partial charge in [-0.05, 0) is 78.4 Å². The molecule has 0 unspecified atom stereocenters. The van der Waals surface area contributed by atoms with Crippen LogP contribution in [0.25, 0.3) is 60.6 Å². The number of unbranched alkanes of at least 4 members (excludes halogenated alkanes) is 16. The number of nitriles is 1. The number of benzene rings is 4. The van der Waals surface area contributed by atoms with E-state index in [4.69, 9.17) is 21.3 Å². The van der Waals surface area contributed by atoms with E-state index in [1.54, 1.807) is 12.1 Å². The standard InChI is InChI=1S/C59H61F2N7O/c1-4-5-6-7-8-9-10-11-12-13-14-15-16-17-18-19-22-33-69-44-29-25-41(26-30-44)46-36-47(57(63-3)54-39-65-52-35-43(61)28-32-50(52)67-54)56-55(46)59(68-58(56)45-24-21-20-23-40(45)2)48(37-62)53-38-64-51-34-42(60)27-31-49(51)66-53/h20-21,23-32,34-35,38-39,68H,4-19,22,33,36H2,1-2H3/b57-47-,59-48-. The summed E-state index contributed by atoms with van der Waals surface area (Å²) >= 11 is 0. The summed E-state index contributed by atoms with van der Waals surface area (Å²) < 4.78 is 34.6. The van der Waals surface area contributed by atoms with Crippen molar-refractivity contribution in [2.45, 2.75) is 129 Å². The Hall–Kier alpha value is -7.04. The number of aromatic amines is 1. The first-order valence-electron chi connectivity index (χ1n) is 25.0. The van der Waals surface area contributed by atoms with Crippen molar-refractivity contribution in [3.8, 4) is 23.1 Å². The molecule has 0 saturated heterocycles. The Morgan fingerprint density at radius 1 is 0.696 bits per heavy atom. The molecule has 0 radical (unpaired) electrons. The van der Waals surface area contributed by atoms with Crippen molar-refractivity contribution in [1.29, 1.82) is 5.26 Å². The molecular weight excluding hydrogens is 861 g/mol. The maximum absolute atomic E-state index is 14.2.